The Bertz CT molecular complexity index is 568. The Labute approximate surface area is 142 Å². The number of likely N-dealkylation sites (N-methyl/N-ethyl adjacent to an activating group) is 1. The smallest absolute Gasteiger partial charge is 0.249 e. The zero-order valence-corrected chi connectivity index (χ0v) is 14.2. The Balaban J connectivity index is 0.00000264. The molecule has 128 valence electrons. The molecule has 2 unspecified atom stereocenters. The van der Waals surface area contributed by atoms with E-state index >= 15 is 0 Å². The van der Waals surface area contributed by atoms with Crippen molar-refractivity contribution in [3.05, 3.63) is 30.1 Å². The van der Waals surface area contributed by atoms with E-state index in [2.05, 4.69) is 0 Å². The Morgan fingerprint density at radius 3 is 2.74 bits per heavy atom. The number of benzene rings is 1. The van der Waals surface area contributed by atoms with E-state index in [1.165, 1.54) is 15.9 Å². The van der Waals surface area contributed by atoms with Gasteiger partial charge in [-0.2, -0.15) is 0 Å². The first-order valence-corrected chi connectivity index (χ1v) is 7.49. The lowest BCUT2D eigenvalue weighted by atomic mass is 10.1. The molecule has 1 aliphatic rings. The standard InChI is InChI=1S/C16H22FN3O2.ClH/c1-11(18)7-8-15(21)19(2)14-9-10-20(16(14)22)13-6-4-3-5-12(13)17;/h3-6,11,14H,7-10,18H2,1-2H3;1H. The normalized spacial score (nSPS) is 18.5. The topological polar surface area (TPSA) is 66.6 Å². The minimum Gasteiger partial charge on any atom is -0.334 e. The Hall–Kier alpha value is -1.66. The molecular weight excluding hydrogens is 321 g/mol. The van der Waals surface area contributed by atoms with Crippen LogP contribution in [0.25, 0.3) is 0 Å². The molecule has 0 aliphatic carbocycles. The summed E-state index contributed by atoms with van der Waals surface area (Å²) >= 11 is 0. The fraction of sp³-hybridized carbons (Fsp3) is 0.500. The Kier molecular flexibility index (Phi) is 6.97. The zero-order chi connectivity index (χ0) is 16.3. The number of hydrogen-bond acceptors (Lipinski definition) is 3. The average Bonchev–Trinajstić information content (AvgIpc) is 2.86. The number of hydrogen-bond donors (Lipinski definition) is 1. The molecule has 1 aromatic rings. The molecule has 1 heterocycles. The average molecular weight is 344 g/mol. The predicted molar refractivity (Wildman–Crippen MR) is 90.1 cm³/mol. The number of halogens is 2. The van der Waals surface area contributed by atoms with E-state index in [1.807, 2.05) is 6.92 Å². The summed E-state index contributed by atoms with van der Waals surface area (Å²) in [5, 5.41) is 0. The molecule has 2 amide bonds. The maximum absolute atomic E-state index is 13.8. The van der Waals surface area contributed by atoms with Gasteiger partial charge in [-0.05, 0) is 31.9 Å². The minimum absolute atomic E-state index is 0. The van der Waals surface area contributed by atoms with Gasteiger partial charge in [-0.1, -0.05) is 12.1 Å². The SMILES string of the molecule is CC(N)CCC(=O)N(C)C1CCN(c2ccccc2F)C1=O.Cl. The number of amides is 2. The monoisotopic (exact) mass is 343 g/mol. The molecule has 0 saturated carbocycles. The molecule has 1 aliphatic heterocycles. The number of nitrogens with zero attached hydrogens (tertiary/aromatic N) is 2. The highest BCUT2D eigenvalue weighted by molar-refractivity contribution is 6.01. The molecule has 0 bridgehead atoms. The van der Waals surface area contributed by atoms with Crippen molar-refractivity contribution >= 4 is 29.9 Å². The second-order valence-corrected chi connectivity index (χ2v) is 5.77. The van der Waals surface area contributed by atoms with Gasteiger partial charge >= 0.3 is 0 Å². The number of para-hydroxylation sites is 1. The maximum atomic E-state index is 13.8. The second-order valence-electron chi connectivity index (χ2n) is 5.77. The van der Waals surface area contributed by atoms with Crippen LogP contribution in [0.5, 0.6) is 0 Å². The predicted octanol–water partition coefficient (Wildman–Crippen LogP) is 1.94. The third kappa shape index (κ3) is 4.42. The third-order valence-electron chi connectivity index (χ3n) is 3.99. The van der Waals surface area contributed by atoms with Crippen molar-refractivity contribution in [3.63, 3.8) is 0 Å². The van der Waals surface area contributed by atoms with Gasteiger partial charge in [-0.25, -0.2) is 4.39 Å². The summed E-state index contributed by atoms with van der Waals surface area (Å²) in [7, 11) is 1.62. The molecule has 0 aromatic heterocycles. The lowest BCUT2D eigenvalue weighted by Gasteiger charge is -2.24. The summed E-state index contributed by atoms with van der Waals surface area (Å²) in [6.07, 6.45) is 1.41. The van der Waals surface area contributed by atoms with E-state index in [1.54, 1.807) is 25.2 Å². The summed E-state index contributed by atoms with van der Waals surface area (Å²) in [5.41, 5.74) is 5.92. The Morgan fingerprint density at radius 2 is 2.13 bits per heavy atom. The van der Waals surface area contributed by atoms with Gasteiger partial charge in [0.1, 0.15) is 11.9 Å². The van der Waals surface area contributed by atoms with Crippen molar-refractivity contribution in [2.75, 3.05) is 18.5 Å². The first-order chi connectivity index (χ1) is 10.4. The molecule has 2 rings (SSSR count). The summed E-state index contributed by atoms with van der Waals surface area (Å²) in [6, 6.07) is 5.60. The maximum Gasteiger partial charge on any atom is 0.249 e. The van der Waals surface area contributed by atoms with Crippen molar-refractivity contribution in [1.82, 2.24) is 4.90 Å². The molecule has 1 saturated heterocycles. The summed E-state index contributed by atoms with van der Waals surface area (Å²) in [6.45, 7) is 2.25. The van der Waals surface area contributed by atoms with E-state index in [4.69, 9.17) is 5.73 Å². The van der Waals surface area contributed by atoms with Gasteiger partial charge < -0.3 is 15.5 Å². The number of carbonyl (C=O) groups excluding carboxylic acids is 2. The van der Waals surface area contributed by atoms with Gasteiger partial charge in [0, 0.05) is 26.1 Å². The second kappa shape index (κ2) is 8.26. The van der Waals surface area contributed by atoms with Crippen LogP contribution in [0.2, 0.25) is 0 Å². The molecule has 2 N–H and O–H groups in total. The molecule has 0 radical (unpaired) electrons. The largest absolute Gasteiger partial charge is 0.334 e. The zero-order valence-electron chi connectivity index (χ0n) is 13.4. The highest BCUT2D eigenvalue weighted by Crippen LogP contribution is 2.26. The molecule has 5 nitrogen and oxygen atoms in total. The minimum atomic E-state index is -0.528. The summed E-state index contributed by atoms with van der Waals surface area (Å²) < 4.78 is 13.8. The number of anilines is 1. The fourth-order valence-corrected chi connectivity index (χ4v) is 2.64. The van der Waals surface area contributed by atoms with Gasteiger partial charge in [-0.3, -0.25) is 9.59 Å². The van der Waals surface area contributed by atoms with Crippen LogP contribution < -0.4 is 10.6 Å². The van der Waals surface area contributed by atoms with Crippen LogP contribution in [-0.4, -0.2) is 42.4 Å². The molecular formula is C16H23ClFN3O2. The molecule has 1 aromatic carbocycles. The van der Waals surface area contributed by atoms with E-state index in [-0.39, 0.29) is 36.0 Å². The van der Waals surface area contributed by atoms with E-state index in [0.717, 1.165) is 0 Å². The van der Waals surface area contributed by atoms with Crippen LogP contribution in [0.1, 0.15) is 26.2 Å². The number of carbonyl (C=O) groups is 2. The van der Waals surface area contributed by atoms with Crippen LogP contribution in [0, 0.1) is 5.82 Å². The molecule has 1 fully saturated rings. The highest BCUT2D eigenvalue weighted by Gasteiger charge is 2.37. The van der Waals surface area contributed by atoms with Gasteiger partial charge in [0.05, 0.1) is 5.69 Å². The summed E-state index contributed by atoms with van der Waals surface area (Å²) in [5.74, 6) is -0.768. The Morgan fingerprint density at radius 1 is 1.48 bits per heavy atom. The van der Waals surface area contributed by atoms with E-state index in [0.29, 0.717) is 25.8 Å². The van der Waals surface area contributed by atoms with Crippen LogP contribution in [0.15, 0.2) is 24.3 Å². The van der Waals surface area contributed by atoms with E-state index in [9.17, 15) is 14.0 Å². The van der Waals surface area contributed by atoms with Crippen LogP contribution in [0.3, 0.4) is 0 Å². The van der Waals surface area contributed by atoms with Crippen molar-refractivity contribution in [2.24, 2.45) is 5.73 Å². The number of rotatable bonds is 5. The lowest BCUT2D eigenvalue weighted by molar-refractivity contribution is -0.136. The van der Waals surface area contributed by atoms with Crippen molar-refractivity contribution < 1.29 is 14.0 Å². The summed E-state index contributed by atoms with van der Waals surface area (Å²) in [4.78, 5) is 27.5. The lowest BCUT2D eigenvalue weighted by Crippen LogP contribution is -2.43. The van der Waals surface area contributed by atoms with Crippen LogP contribution >= 0.6 is 12.4 Å². The van der Waals surface area contributed by atoms with Crippen LogP contribution in [-0.2, 0) is 9.59 Å². The number of nitrogens with two attached hydrogens (primary N) is 1. The van der Waals surface area contributed by atoms with Gasteiger partial charge in [0.2, 0.25) is 11.8 Å². The first-order valence-electron chi connectivity index (χ1n) is 7.49. The van der Waals surface area contributed by atoms with Crippen LogP contribution in [0.4, 0.5) is 10.1 Å². The fourth-order valence-electron chi connectivity index (χ4n) is 2.64. The van der Waals surface area contributed by atoms with Gasteiger partial charge in [0.15, 0.2) is 0 Å². The van der Waals surface area contributed by atoms with E-state index < -0.39 is 11.9 Å². The quantitative estimate of drug-likeness (QED) is 0.888. The van der Waals surface area contributed by atoms with Crippen molar-refractivity contribution in [2.45, 2.75) is 38.3 Å². The molecule has 2 atom stereocenters. The molecule has 0 spiro atoms. The third-order valence-corrected chi connectivity index (χ3v) is 3.99. The van der Waals surface area contributed by atoms with Crippen molar-refractivity contribution in [1.29, 1.82) is 0 Å². The molecule has 7 heteroatoms. The van der Waals surface area contributed by atoms with Gasteiger partial charge in [-0.15, -0.1) is 12.4 Å². The molecule has 23 heavy (non-hydrogen) atoms. The van der Waals surface area contributed by atoms with Crippen molar-refractivity contribution in [3.8, 4) is 0 Å². The first kappa shape index (κ1) is 19.4. The highest BCUT2D eigenvalue weighted by atomic mass is 35.5. The van der Waals surface area contributed by atoms with Gasteiger partial charge in [0.25, 0.3) is 0 Å².